The van der Waals surface area contributed by atoms with Crippen LogP contribution >= 0.6 is 15.9 Å². The number of nitrogens with zero attached hydrogens (tertiary/aromatic N) is 1. The molecule has 1 aliphatic rings. The standard InChI is InChI=1S/C13H19BrN2O/c1-10-6-7-15-13(12(10)14)16-8-9-17-11-4-2-3-5-11/h6-7,11H,2-5,8-9H2,1H3,(H,15,16). The van der Waals surface area contributed by atoms with Gasteiger partial charge < -0.3 is 10.1 Å². The number of pyridine rings is 1. The van der Waals surface area contributed by atoms with Gasteiger partial charge in [0.2, 0.25) is 0 Å². The van der Waals surface area contributed by atoms with Gasteiger partial charge in [-0.1, -0.05) is 12.8 Å². The Labute approximate surface area is 111 Å². The third-order valence-corrected chi connectivity index (χ3v) is 4.13. The first-order chi connectivity index (χ1) is 8.27. The van der Waals surface area contributed by atoms with E-state index in [-0.39, 0.29) is 0 Å². The summed E-state index contributed by atoms with van der Waals surface area (Å²) in [5.74, 6) is 0.903. The van der Waals surface area contributed by atoms with E-state index in [4.69, 9.17) is 4.74 Å². The van der Waals surface area contributed by atoms with E-state index in [1.54, 1.807) is 0 Å². The monoisotopic (exact) mass is 298 g/mol. The van der Waals surface area contributed by atoms with Gasteiger partial charge in [-0.3, -0.25) is 0 Å². The van der Waals surface area contributed by atoms with E-state index < -0.39 is 0 Å². The van der Waals surface area contributed by atoms with Crippen molar-refractivity contribution in [3.8, 4) is 0 Å². The topological polar surface area (TPSA) is 34.2 Å². The van der Waals surface area contributed by atoms with Crippen LogP contribution in [0.15, 0.2) is 16.7 Å². The highest BCUT2D eigenvalue weighted by molar-refractivity contribution is 9.10. The van der Waals surface area contributed by atoms with E-state index >= 15 is 0 Å². The molecule has 3 nitrogen and oxygen atoms in total. The number of ether oxygens (including phenoxy) is 1. The summed E-state index contributed by atoms with van der Waals surface area (Å²) in [6.45, 7) is 3.63. The number of hydrogen-bond acceptors (Lipinski definition) is 3. The molecule has 94 valence electrons. The lowest BCUT2D eigenvalue weighted by Crippen LogP contribution is -2.16. The highest BCUT2D eigenvalue weighted by Gasteiger charge is 2.14. The van der Waals surface area contributed by atoms with Gasteiger partial charge in [0.1, 0.15) is 5.82 Å². The summed E-state index contributed by atoms with van der Waals surface area (Å²) in [4.78, 5) is 4.29. The van der Waals surface area contributed by atoms with E-state index in [0.29, 0.717) is 6.10 Å². The molecule has 0 saturated heterocycles. The number of nitrogens with one attached hydrogen (secondary N) is 1. The number of halogens is 1. The summed E-state index contributed by atoms with van der Waals surface area (Å²) in [6, 6.07) is 1.99. The summed E-state index contributed by atoms with van der Waals surface area (Å²) in [5, 5.41) is 3.29. The average molecular weight is 299 g/mol. The largest absolute Gasteiger partial charge is 0.376 e. The van der Waals surface area contributed by atoms with Crippen molar-refractivity contribution in [2.24, 2.45) is 0 Å². The quantitative estimate of drug-likeness (QED) is 0.845. The molecular weight excluding hydrogens is 280 g/mol. The van der Waals surface area contributed by atoms with E-state index in [1.165, 1.54) is 31.2 Å². The number of aromatic nitrogens is 1. The molecule has 1 aliphatic carbocycles. The lowest BCUT2D eigenvalue weighted by molar-refractivity contribution is 0.0658. The molecule has 0 unspecified atom stereocenters. The van der Waals surface area contributed by atoms with Crippen LogP contribution < -0.4 is 5.32 Å². The maximum atomic E-state index is 5.79. The van der Waals surface area contributed by atoms with Crippen molar-refractivity contribution in [1.82, 2.24) is 4.98 Å². The molecule has 1 N–H and O–H groups in total. The molecule has 1 heterocycles. The van der Waals surface area contributed by atoms with Gasteiger partial charge in [0.25, 0.3) is 0 Å². The van der Waals surface area contributed by atoms with Gasteiger partial charge in [0.15, 0.2) is 0 Å². The van der Waals surface area contributed by atoms with Gasteiger partial charge in [-0.05, 0) is 47.3 Å². The molecule has 1 aromatic rings. The molecule has 2 rings (SSSR count). The summed E-state index contributed by atoms with van der Waals surface area (Å²) in [5.41, 5.74) is 1.19. The van der Waals surface area contributed by atoms with E-state index in [0.717, 1.165) is 23.4 Å². The maximum Gasteiger partial charge on any atom is 0.140 e. The normalized spacial score (nSPS) is 16.4. The van der Waals surface area contributed by atoms with Gasteiger partial charge in [-0.15, -0.1) is 0 Å². The lowest BCUT2D eigenvalue weighted by atomic mass is 10.3. The van der Waals surface area contributed by atoms with Crippen LogP contribution in [0.4, 0.5) is 5.82 Å². The van der Waals surface area contributed by atoms with Gasteiger partial charge in [0.05, 0.1) is 17.2 Å². The smallest absolute Gasteiger partial charge is 0.140 e. The highest BCUT2D eigenvalue weighted by atomic mass is 79.9. The zero-order chi connectivity index (χ0) is 12.1. The van der Waals surface area contributed by atoms with Crippen LogP contribution in [0.2, 0.25) is 0 Å². The van der Waals surface area contributed by atoms with Crippen LogP contribution in [0.25, 0.3) is 0 Å². The fourth-order valence-electron chi connectivity index (χ4n) is 2.11. The number of rotatable bonds is 5. The van der Waals surface area contributed by atoms with Crippen molar-refractivity contribution in [2.45, 2.75) is 38.7 Å². The zero-order valence-electron chi connectivity index (χ0n) is 10.2. The first kappa shape index (κ1) is 12.8. The van der Waals surface area contributed by atoms with Crippen molar-refractivity contribution < 1.29 is 4.74 Å². The van der Waals surface area contributed by atoms with Crippen LogP contribution in [0, 0.1) is 6.92 Å². The molecule has 0 spiro atoms. The summed E-state index contributed by atoms with van der Waals surface area (Å²) >= 11 is 3.53. The molecule has 1 fully saturated rings. The summed E-state index contributed by atoms with van der Waals surface area (Å²) < 4.78 is 6.83. The maximum absolute atomic E-state index is 5.79. The van der Waals surface area contributed by atoms with E-state index in [2.05, 4.69) is 33.2 Å². The second-order valence-corrected chi connectivity index (χ2v) is 5.29. The Morgan fingerprint density at radius 2 is 2.24 bits per heavy atom. The second-order valence-electron chi connectivity index (χ2n) is 4.49. The average Bonchev–Trinajstić information content (AvgIpc) is 2.83. The third kappa shape index (κ3) is 3.68. The molecule has 1 aromatic heterocycles. The first-order valence-corrected chi connectivity index (χ1v) is 7.03. The van der Waals surface area contributed by atoms with Crippen LogP contribution in [0.1, 0.15) is 31.2 Å². The van der Waals surface area contributed by atoms with Crippen LogP contribution in [-0.4, -0.2) is 24.2 Å². The Morgan fingerprint density at radius 3 is 3.00 bits per heavy atom. The summed E-state index contributed by atoms with van der Waals surface area (Å²) in [7, 11) is 0. The molecule has 0 aromatic carbocycles. The van der Waals surface area contributed by atoms with Crippen molar-refractivity contribution >= 4 is 21.7 Å². The highest BCUT2D eigenvalue weighted by Crippen LogP contribution is 2.23. The van der Waals surface area contributed by atoms with Crippen LogP contribution in [-0.2, 0) is 4.74 Å². The van der Waals surface area contributed by atoms with Crippen molar-refractivity contribution in [3.63, 3.8) is 0 Å². The third-order valence-electron chi connectivity index (χ3n) is 3.13. The fraction of sp³-hybridized carbons (Fsp3) is 0.615. The zero-order valence-corrected chi connectivity index (χ0v) is 11.8. The van der Waals surface area contributed by atoms with E-state index in [9.17, 15) is 0 Å². The molecule has 1 saturated carbocycles. The molecule has 0 amide bonds. The SMILES string of the molecule is Cc1ccnc(NCCOC2CCCC2)c1Br. The van der Waals surface area contributed by atoms with Crippen LogP contribution in [0.5, 0.6) is 0 Å². The Balaban J connectivity index is 1.72. The van der Waals surface area contributed by atoms with Crippen molar-refractivity contribution in [3.05, 3.63) is 22.3 Å². The number of anilines is 1. The minimum Gasteiger partial charge on any atom is -0.376 e. The minimum absolute atomic E-state index is 0.491. The molecule has 0 bridgehead atoms. The fourth-order valence-corrected chi connectivity index (χ4v) is 2.49. The van der Waals surface area contributed by atoms with Gasteiger partial charge in [-0.2, -0.15) is 0 Å². The van der Waals surface area contributed by atoms with Gasteiger partial charge in [0, 0.05) is 12.7 Å². The Hall–Kier alpha value is -0.610. The molecule has 0 aliphatic heterocycles. The van der Waals surface area contributed by atoms with Crippen molar-refractivity contribution in [1.29, 1.82) is 0 Å². The molecular formula is C13H19BrN2O. The van der Waals surface area contributed by atoms with E-state index in [1.807, 2.05) is 12.3 Å². The van der Waals surface area contributed by atoms with Gasteiger partial charge >= 0.3 is 0 Å². The molecule has 0 radical (unpaired) electrons. The Morgan fingerprint density at radius 1 is 1.47 bits per heavy atom. The lowest BCUT2D eigenvalue weighted by Gasteiger charge is -2.12. The van der Waals surface area contributed by atoms with Gasteiger partial charge in [-0.25, -0.2) is 4.98 Å². The number of hydrogen-bond donors (Lipinski definition) is 1. The summed E-state index contributed by atoms with van der Waals surface area (Å²) in [6.07, 6.45) is 7.41. The predicted molar refractivity (Wildman–Crippen MR) is 73.4 cm³/mol. The second kappa shape index (κ2) is 6.36. The minimum atomic E-state index is 0.491. The van der Waals surface area contributed by atoms with Crippen molar-refractivity contribution in [2.75, 3.05) is 18.5 Å². The Bertz CT molecular complexity index is 364. The Kier molecular flexibility index (Phi) is 4.80. The molecule has 0 atom stereocenters. The first-order valence-electron chi connectivity index (χ1n) is 6.24. The van der Waals surface area contributed by atoms with Crippen LogP contribution in [0.3, 0.4) is 0 Å². The molecule has 4 heteroatoms. The molecule has 17 heavy (non-hydrogen) atoms. The number of aryl methyl sites for hydroxylation is 1. The predicted octanol–water partition coefficient (Wildman–Crippen LogP) is 3.52.